The van der Waals surface area contributed by atoms with E-state index in [1.165, 1.54) is 11.1 Å². The van der Waals surface area contributed by atoms with Gasteiger partial charge in [-0.2, -0.15) is 0 Å². The van der Waals surface area contributed by atoms with E-state index in [-0.39, 0.29) is 30.0 Å². The second-order valence-electron chi connectivity index (χ2n) is 12.9. The van der Waals surface area contributed by atoms with Crippen LogP contribution >= 0.6 is 0 Å². The fourth-order valence-electron chi connectivity index (χ4n) is 6.19. The number of morpholine rings is 1. The number of nitrogens with one attached hydrogen (secondary N) is 2. The molecule has 2 aliphatic heterocycles. The monoisotopic (exact) mass is 649 g/mol. The van der Waals surface area contributed by atoms with Crippen LogP contribution in [0.4, 0.5) is 21.6 Å². The SMILES string of the molecule is CC(C)(C)c1cc(F)c2c(c1)CNN(c1cccc(-c3cc(Nc4ccc(C(=O)N5CCOCC5)cn4)c4nccn4c3)c1CO)C2=O. The molecule has 0 aliphatic carbocycles. The number of nitrogens with zero attached hydrogens (tertiary/aromatic N) is 5. The first kappa shape index (κ1) is 31.4. The molecule has 3 N–H and O–H groups in total. The Hall–Kier alpha value is -5.17. The molecule has 2 aromatic carbocycles. The molecule has 5 aromatic rings. The van der Waals surface area contributed by atoms with Gasteiger partial charge in [0.15, 0.2) is 5.65 Å². The highest BCUT2D eigenvalue weighted by atomic mass is 19.1. The average Bonchev–Trinajstić information content (AvgIpc) is 3.57. The second-order valence-corrected chi connectivity index (χ2v) is 12.9. The van der Waals surface area contributed by atoms with Gasteiger partial charge in [0, 0.05) is 55.5 Å². The molecule has 2 amide bonds. The lowest BCUT2D eigenvalue weighted by Gasteiger charge is -2.32. The Morgan fingerprint density at radius 3 is 2.65 bits per heavy atom. The van der Waals surface area contributed by atoms with E-state index < -0.39 is 11.7 Å². The summed E-state index contributed by atoms with van der Waals surface area (Å²) < 4.78 is 22.7. The maximum atomic E-state index is 15.4. The number of halogens is 1. The molecule has 0 saturated carbocycles. The predicted molar refractivity (Wildman–Crippen MR) is 180 cm³/mol. The van der Waals surface area contributed by atoms with E-state index in [0.717, 1.165) is 11.1 Å². The molecule has 11 nitrogen and oxygen atoms in total. The van der Waals surface area contributed by atoms with Crippen molar-refractivity contribution in [1.82, 2.24) is 24.7 Å². The largest absolute Gasteiger partial charge is 0.392 e. The van der Waals surface area contributed by atoms with E-state index in [9.17, 15) is 14.7 Å². The van der Waals surface area contributed by atoms with Crippen LogP contribution in [0.3, 0.4) is 0 Å². The number of ether oxygens (including phenoxy) is 1. The third-order valence-electron chi connectivity index (χ3n) is 8.80. The summed E-state index contributed by atoms with van der Waals surface area (Å²) in [5.41, 5.74) is 8.39. The maximum Gasteiger partial charge on any atom is 0.275 e. The van der Waals surface area contributed by atoms with Crippen molar-refractivity contribution in [2.75, 3.05) is 36.6 Å². The zero-order valence-corrected chi connectivity index (χ0v) is 27.0. The standard InChI is InChI=1S/C36H36FN7O4/c1-36(2,3)25-15-23-19-40-44(35(47)32(23)28(37)17-25)30-6-4-5-26(27(30)21-45)24-16-29(33-38-9-10-43(33)20-24)41-31-8-7-22(18-39-31)34(46)42-11-13-48-14-12-42/h4-10,15-18,20,40,45H,11-14,19,21H2,1-3H3,(H,39,41). The van der Waals surface area contributed by atoms with Crippen molar-refractivity contribution in [3.63, 3.8) is 0 Å². The molecule has 0 atom stereocenters. The zero-order chi connectivity index (χ0) is 33.6. The van der Waals surface area contributed by atoms with Crippen LogP contribution in [-0.4, -0.2) is 62.5 Å². The Morgan fingerprint density at radius 1 is 1.10 bits per heavy atom. The molecular formula is C36H36FN7O4. The summed E-state index contributed by atoms with van der Waals surface area (Å²) in [6.45, 7) is 8.01. The average molecular weight is 650 g/mol. The van der Waals surface area contributed by atoms with Gasteiger partial charge in [0.2, 0.25) is 0 Å². The second kappa shape index (κ2) is 12.5. The normalized spacial score (nSPS) is 15.1. The number of carbonyl (C=O) groups is 2. The van der Waals surface area contributed by atoms with E-state index in [4.69, 9.17) is 4.74 Å². The molecule has 1 fully saturated rings. The lowest BCUT2D eigenvalue weighted by Crippen LogP contribution is -2.48. The number of aliphatic hydroxyl groups excluding tert-OH is 1. The predicted octanol–water partition coefficient (Wildman–Crippen LogP) is 5.21. The highest BCUT2D eigenvalue weighted by molar-refractivity contribution is 6.08. The number of benzene rings is 2. The van der Waals surface area contributed by atoms with Crippen molar-refractivity contribution in [2.45, 2.75) is 39.3 Å². The van der Waals surface area contributed by atoms with Crippen LogP contribution in [-0.2, 0) is 23.3 Å². The summed E-state index contributed by atoms with van der Waals surface area (Å²) in [4.78, 5) is 37.4. The third kappa shape index (κ3) is 5.78. The Bertz CT molecular complexity index is 2030. The lowest BCUT2D eigenvalue weighted by molar-refractivity contribution is 0.0302. The van der Waals surface area contributed by atoms with Crippen LogP contribution in [0.2, 0.25) is 0 Å². The summed E-state index contributed by atoms with van der Waals surface area (Å²) in [5, 5.41) is 15.3. The van der Waals surface area contributed by atoms with Gasteiger partial charge in [-0.05, 0) is 52.4 Å². The number of anilines is 3. The van der Waals surface area contributed by atoms with E-state index in [0.29, 0.717) is 71.4 Å². The Kier molecular flexibility index (Phi) is 8.15. The Labute approximate surface area is 277 Å². The summed E-state index contributed by atoms with van der Waals surface area (Å²) >= 11 is 0. The van der Waals surface area contributed by atoms with Crippen molar-refractivity contribution < 1.29 is 23.8 Å². The summed E-state index contributed by atoms with van der Waals surface area (Å²) in [6.07, 6.45) is 6.93. The molecule has 1 saturated heterocycles. The first-order chi connectivity index (χ1) is 23.1. The molecule has 246 valence electrons. The third-order valence-corrected chi connectivity index (χ3v) is 8.80. The summed E-state index contributed by atoms with van der Waals surface area (Å²) in [7, 11) is 0. The smallest absolute Gasteiger partial charge is 0.275 e. The molecule has 0 radical (unpaired) electrons. The van der Waals surface area contributed by atoms with Gasteiger partial charge in [0.1, 0.15) is 11.6 Å². The first-order valence-corrected chi connectivity index (χ1v) is 15.8. The van der Waals surface area contributed by atoms with Crippen molar-refractivity contribution in [2.24, 2.45) is 0 Å². The van der Waals surface area contributed by atoms with Crippen LogP contribution in [0, 0.1) is 5.82 Å². The Morgan fingerprint density at radius 2 is 1.92 bits per heavy atom. The maximum absolute atomic E-state index is 15.4. The zero-order valence-electron chi connectivity index (χ0n) is 27.0. The number of aliphatic hydroxyl groups is 1. The summed E-state index contributed by atoms with van der Waals surface area (Å²) in [6, 6.07) is 14.1. The van der Waals surface area contributed by atoms with Crippen LogP contribution in [0.1, 0.15) is 58.2 Å². The summed E-state index contributed by atoms with van der Waals surface area (Å²) in [5.74, 6) is -0.668. The molecule has 5 heterocycles. The molecule has 7 rings (SSSR count). The number of fused-ring (bicyclic) bond motifs is 2. The van der Waals surface area contributed by atoms with Gasteiger partial charge < -0.3 is 24.5 Å². The number of amides is 2. The fraction of sp³-hybridized carbons (Fsp3) is 0.278. The van der Waals surface area contributed by atoms with Gasteiger partial charge in [0.25, 0.3) is 11.8 Å². The minimum absolute atomic E-state index is 0.0209. The van der Waals surface area contributed by atoms with Gasteiger partial charge in [-0.1, -0.05) is 39.0 Å². The van der Waals surface area contributed by atoms with Crippen molar-refractivity contribution >= 4 is 34.7 Å². The molecule has 48 heavy (non-hydrogen) atoms. The highest BCUT2D eigenvalue weighted by Gasteiger charge is 2.32. The van der Waals surface area contributed by atoms with E-state index in [2.05, 4.69) is 20.7 Å². The van der Waals surface area contributed by atoms with Gasteiger partial charge in [-0.25, -0.2) is 24.8 Å². The minimum Gasteiger partial charge on any atom is -0.392 e. The van der Waals surface area contributed by atoms with Crippen LogP contribution in [0.5, 0.6) is 0 Å². The molecule has 0 unspecified atom stereocenters. The van der Waals surface area contributed by atoms with Crippen molar-refractivity contribution in [3.05, 3.63) is 107 Å². The van der Waals surface area contributed by atoms with Crippen molar-refractivity contribution in [3.8, 4) is 11.1 Å². The topological polar surface area (TPSA) is 124 Å². The van der Waals surface area contributed by atoms with Crippen molar-refractivity contribution in [1.29, 1.82) is 0 Å². The minimum atomic E-state index is -0.566. The van der Waals surface area contributed by atoms with E-state index in [1.807, 2.05) is 55.8 Å². The van der Waals surface area contributed by atoms with Crippen LogP contribution < -0.4 is 15.8 Å². The van der Waals surface area contributed by atoms with Crippen LogP contribution in [0.25, 0.3) is 16.8 Å². The number of hydrazine groups is 1. The van der Waals surface area contributed by atoms with E-state index in [1.54, 1.807) is 41.6 Å². The quantitative estimate of drug-likeness (QED) is 0.229. The lowest BCUT2D eigenvalue weighted by atomic mass is 9.84. The number of aromatic nitrogens is 3. The van der Waals surface area contributed by atoms with Crippen LogP contribution in [0.15, 0.2) is 73.3 Å². The van der Waals surface area contributed by atoms with Gasteiger partial charge in [-0.3, -0.25) is 9.59 Å². The number of rotatable bonds is 6. The van der Waals surface area contributed by atoms with Gasteiger partial charge in [0.05, 0.1) is 42.3 Å². The van der Waals surface area contributed by atoms with Gasteiger partial charge >= 0.3 is 0 Å². The molecule has 3 aromatic heterocycles. The number of pyridine rings is 2. The van der Waals surface area contributed by atoms with E-state index >= 15 is 4.39 Å². The highest BCUT2D eigenvalue weighted by Crippen LogP contribution is 2.36. The number of imidazole rings is 1. The molecule has 0 bridgehead atoms. The fourth-order valence-corrected chi connectivity index (χ4v) is 6.19. The number of hydrogen-bond acceptors (Lipinski definition) is 8. The van der Waals surface area contributed by atoms with Gasteiger partial charge in [-0.15, -0.1) is 0 Å². The molecule has 12 heteroatoms. The molecule has 0 spiro atoms. The molecular weight excluding hydrogens is 613 g/mol. The Balaban J connectivity index is 1.20. The number of carbonyl (C=O) groups excluding carboxylic acids is 2. The molecule has 2 aliphatic rings. The first-order valence-electron chi connectivity index (χ1n) is 15.8. The number of hydrogen-bond donors (Lipinski definition) is 3.